The summed E-state index contributed by atoms with van der Waals surface area (Å²) in [5.41, 5.74) is 0.470. The fourth-order valence-corrected chi connectivity index (χ4v) is 1.49. The summed E-state index contributed by atoms with van der Waals surface area (Å²) in [6, 6.07) is 1.44. The van der Waals surface area contributed by atoms with E-state index in [0.717, 1.165) is 26.4 Å². The lowest BCUT2D eigenvalue weighted by Gasteiger charge is -2.15. The summed E-state index contributed by atoms with van der Waals surface area (Å²) in [6.45, 7) is 0. The highest BCUT2D eigenvalue weighted by molar-refractivity contribution is 6.00. The van der Waals surface area contributed by atoms with Crippen molar-refractivity contribution in [3.05, 3.63) is 29.3 Å². The van der Waals surface area contributed by atoms with Gasteiger partial charge in [-0.3, -0.25) is 20.3 Å². The molecule has 6 nitrogen and oxygen atoms in total. The fourth-order valence-electron chi connectivity index (χ4n) is 1.49. The largest absolute Gasteiger partial charge is 0.468 e. The topological polar surface area (TPSA) is 84.9 Å². The van der Waals surface area contributed by atoms with Crippen molar-refractivity contribution in [2.75, 3.05) is 19.7 Å². The molecule has 8 heteroatoms. The third kappa shape index (κ3) is 2.97. The van der Waals surface area contributed by atoms with E-state index in [4.69, 9.17) is 5.21 Å². The first kappa shape index (κ1) is 14.8. The third-order valence-electron chi connectivity index (χ3n) is 2.37. The lowest BCUT2D eigenvalue weighted by molar-refractivity contribution is -0.154. The zero-order valence-corrected chi connectivity index (χ0v) is 10.1. The van der Waals surface area contributed by atoms with E-state index in [2.05, 4.69) is 9.47 Å². The van der Waals surface area contributed by atoms with Gasteiger partial charge in [0.05, 0.1) is 19.9 Å². The Morgan fingerprint density at radius 1 is 1.16 bits per heavy atom. The Bertz CT molecular complexity index is 467. The maximum atomic E-state index is 13.7. The normalized spacial score (nSPS) is 10.2. The van der Waals surface area contributed by atoms with Crippen LogP contribution >= 0.6 is 0 Å². The first-order chi connectivity index (χ1) is 8.96. The quantitative estimate of drug-likeness (QED) is 0.488. The molecule has 0 aromatic heterocycles. The van der Waals surface area contributed by atoms with Gasteiger partial charge in [-0.25, -0.2) is 8.78 Å². The molecule has 0 amide bonds. The summed E-state index contributed by atoms with van der Waals surface area (Å²) >= 11 is 0. The highest BCUT2D eigenvalue weighted by Gasteiger charge is 2.35. The average molecular weight is 275 g/mol. The fraction of sp³-hybridized carbons (Fsp3) is 0.273. The van der Waals surface area contributed by atoms with Crippen LogP contribution in [0.15, 0.2) is 12.1 Å². The molecule has 0 bridgehead atoms. The van der Waals surface area contributed by atoms with E-state index < -0.39 is 35.1 Å². The molecule has 0 aliphatic rings. The number of carbonyl (C=O) groups excluding carboxylic acids is 2. The number of anilines is 1. The first-order valence-electron chi connectivity index (χ1n) is 5.01. The van der Waals surface area contributed by atoms with Crippen LogP contribution < -0.4 is 5.48 Å². The van der Waals surface area contributed by atoms with E-state index in [-0.39, 0.29) is 5.69 Å². The highest BCUT2D eigenvalue weighted by Crippen LogP contribution is 2.27. The van der Waals surface area contributed by atoms with Crippen LogP contribution in [0, 0.1) is 11.6 Å². The maximum absolute atomic E-state index is 13.7. The number of halogens is 2. The van der Waals surface area contributed by atoms with Gasteiger partial charge in [-0.1, -0.05) is 0 Å². The van der Waals surface area contributed by atoms with Gasteiger partial charge in [-0.15, -0.1) is 0 Å². The van der Waals surface area contributed by atoms with Crippen LogP contribution in [0.1, 0.15) is 11.5 Å². The van der Waals surface area contributed by atoms with Crippen LogP contribution in [0.3, 0.4) is 0 Å². The molecule has 104 valence electrons. The number of ether oxygens (including phenoxy) is 2. The van der Waals surface area contributed by atoms with E-state index in [1.165, 1.54) is 0 Å². The van der Waals surface area contributed by atoms with Gasteiger partial charge >= 0.3 is 11.9 Å². The molecule has 0 atom stereocenters. The zero-order chi connectivity index (χ0) is 14.6. The SMILES string of the molecule is COC(=O)C(C(=O)OC)c1c(F)cc(NO)cc1F. The second-order valence-electron chi connectivity index (χ2n) is 3.44. The predicted octanol–water partition coefficient (Wildman–Crippen LogP) is 1.20. The molecule has 0 saturated carbocycles. The Hall–Kier alpha value is -2.22. The molecule has 0 spiro atoms. The van der Waals surface area contributed by atoms with Crippen LogP contribution in [-0.2, 0) is 19.1 Å². The number of hydrogen-bond donors (Lipinski definition) is 2. The van der Waals surface area contributed by atoms with Crippen LogP contribution in [0.5, 0.6) is 0 Å². The minimum atomic E-state index is -1.87. The lowest BCUT2D eigenvalue weighted by Crippen LogP contribution is -2.26. The number of carbonyl (C=O) groups is 2. The smallest absolute Gasteiger partial charge is 0.324 e. The van der Waals surface area contributed by atoms with E-state index in [9.17, 15) is 18.4 Å². The van der Waals surface area contributed by atoms with Crippen molar-refractivity contribution in [1.29, 1.82) is 0 Å². The number of methoxy groups -OCH3 is 2. The molecule has 2 N–H and O–H groups in total. The molecule has 1 aromatic rings. The highest BCUT2D eigenvalue weighted by atomic mass is 19.1. The molecule has 19 heavy (non-hydrogen) atoms. The molecule has 0 fully saturated rings. The van der Waals surface area contributed by atoms with Crippen molar-refractivity contribution in [2.24, 2.45) is 0 Å². The summed E-state index contributed by atoms with van der Waals surface area (Å²) in [7, 11) is 1.94. The van der Waals surface area contributed by atoms with Crippen molar-refractivity contribution < 1.29 is 33.1 Å². The van der Waals surface area contributed by atoms with E-state index in [0.29, 0.717) is 0 Å². The lowest BCUT2D eigenvalue weighted by atomic mass is 9.97. The molecule has 0 heterocycles. The van der Waals surface area contributed by atoms with Gasteiger partial charge < -0.3 is 9.47 Å². The molecule has 1 aromatic carbocycles. The second-order valence-corrected chi connectivity index (χ2v) is 3.44. The molecule has 0 unspecified atom stereocenters. The molecular formula is C11H11F2NO5. The van der Waals surface area contributed by atoms with Crippen molar-refractivity contribution in [2.45, 2.75) is 5.92 Å². The van der Waals surface area contributed by atoms with Crippen molar-refractivity contribution in [3.63, 3.8) is 0 Å². The number of benzene rings is 1. The van der Waals surface area contributed by atoms with E-state index >= 15 is 0 Å². The summed E-state index contributed by atoms with van der Waals surface area (Å²) in [6.07, 6.45) is 0. The van der Waals surface area contributed by atoms with Gasteiger partial charge in [-0.05, 0) is 12.1 Å². The van der Waals surface area contributed by atoms with Gasteiger partial charge in [0.1, 0.15) is 11.6 Å². The summed E-state index contributed by atoms with van der Waals surface area (Å²) in [5, 5.41) is 8.56. The van der Waals surface area contributed by atoms with E-state index in [1.54, 1.807) is 5.48 Å². The standard InChI is InChI=1S/C11H11F2NO5/c1-18-10(15)9(11(16)19-2)8-6(12)3-5(14-17)4-7(8)13/h3-4,9,14,17H,1-2H3. The number of nitrogens with one attached hydrogen (secondary N) is 1. The molecule has 0 aliphatic carbocycles. The molecule has 0 radical (unpaired) electrons. The second kappa shape index (κ2) is 6.10. The number of rotatable bonds is 4. The van der Waals surface area contributed by atoms with Crippen molar-refractivity contribution in [1.82, 2.24) is 0 Å². The molecule has 0 aliphatic heterocycles. The Balaban J connectivity index is 3.38. The zero-order valence-electron chi connectivity index (χ0n) is 10.1. The van der Waals surface area contributed by atoms with Crippen molar-refractivity contribution >= 4 is 17.6 Å². The summed E-state index contributed by atoms with van der Waals surface area (Å²) in [5.74, 6) is -6.58. The average Bonchev–Trinajstić information content (AvgIpc) is 2.40. The minimum absolute atomic E-state index is 0.271. The van der Waals surface area contributed by atoms with Gasteiger partial charge in [0.25, 0.3) is 0 Å². The summed E-state index contributed by atoms with van der Waals surface area (Å²) in [4.78, 5) is 22.9. The van der Waals surface area contributed by atoms with Crippen LogP contribution in [0.2, 0.25) is 0 Å². The molecule has 0 saturated heterocycles. The van der Waals surface area contributed by atoms with Crippen LogP contribution in [-0.4, -0.2) is 31.4 Å². The molecule has 1 rings (SSSR count). The van der Waals surface area contributed by atoms with Gasteiger partial charge in [-0.2, -0.15) is 0 Å². The Labute approximate surface area is 106 Å². The van der Waals surface area contributed by atoms with Crippen molar-refractivity contribution in [3.8, 4) is 0 Å². The van der Waals surface area contributed by atoms with Crippen LogP contribution in [0.25, 0.3) is 0 Å². The van der Waals surface area contributed by atoms with Gasteiger partial charge in [0.2, 0.25) is 0 Å². The van der Waals surface area contributed by atoms with Gasteiger partial charge in [0.15, 0.2) is 5.92 Å². The Kier molecular flexibility index (Phi) is 4.76. The number of hydrogen-bond acceptors (Lipinski definition) is 6. The predicted molar refractivity (Wildman–Crippen MR) is 58.5 cm³/mol. The molecular weight excluding hydrogens is 264 g/mol. The Morgan fingerprint density at radius 2 is 1.58 bits per heavy atom. The van der Waals surface area contributed by atoms with Gasteiger partial charge in [0, 0.05) is 5.56 Å². The Morgan fingerprint density at radius 3 is 1.89 bits per heavy atom. The first-order valence-corrected chi connectivity index (χ1v) is 5.01. The maximum Gasteiger partial charge on any atom is 0.324 e. The van der Waals surface area contributed by atoms with Crippen LogP contribution in [0.4, 0.5) is 14.5 Å². The monoisotopic (exact) mass is 275 g/mol. The summed E-state index contributed by atoms with van der Waals surface area (Å²) < 4.78 is 36.1. The number of esters is 2. The minimum Gasteiger partial charge on any atom is -0.468 e. The van der Waals surface area contributed by atoms with E-state index in [1.807, 2.05) is 0 Å². The third-order valence-corrected chi connectivity index (χ3v) is 2.37.